The van der Waals surface area contributed by atoms with E-state index < -0.39 is 17.9 Å². The number of aliphatic hydroxyl groups is 1. The molecule has 5 heteroatoms. The minimum atomic E-state index is -0.702. The van der Waals surface area contributed by atoms with Gasteiger partial charge in [0.25, 0.3) is 0 Å². The second-order valence-electron chi connectivity index (χ2n) is 5.25. The fraction of sp³-hybridized carbons (Fsp3) is 0.467. The molecule has 0 aromatic heterocycles. The smallest absolute Gasteiger partial charge is 0.313 e. The van der Waals surface area contributed by atoms with Crippen molar-refractivity contribution in [3.63, 3.8) is 0 Å². The highest BCUT2D eigenvalue weighted by atomic mass is 16.3. The maximum Gasteiger partial charge on any atom is 0.313 e. The predicted molar refractivity (Wildman–Crippen MR) is 76.2 cm³/mol. The topological polar surface area (TPSA) is 78.4 Å². The number of benzene rings is 1. The van der Waals surface area contributed by atoms with Crippen LogP contribution in [0.4, 0.5) is 5.69 Å². The van der Waals surface area contributed by atoms with Gasteiger partial charge < -0.3 is 15.7 Å². The van der Waals surface area contributed by atoms with E-state index in [4.69, 9.17) is 0 Å². The maximum atomic E-state index is 11.8. The first kappa shape index (κ1) is 14.5. The van der Waals surface area contributed by atoms with Crippen LogP contribution < -0.4 is 10.6 Å². The Morgan fingerprint density at radius 1 is 1.10 bits per heavy atom. The number of hydrogen-bond donors (Lipinski definition) is 3. The van der Waals surface area contributed by atoms with Crippen LogP contribution in [0.15, 0.2) is 24.3 Å². The Morgan fingerprint density at radius 2 is 1.75 bits per heavy atom. The molecule has 20 heavy (non-hydrogen) atoms. The monoisotopic (exact) mass is 276 g/mol. The minimum absolute atomic E-state index is 0.319. The fourth-order valence-corrected chi connectivity index (χ4v) is 2.34. The summed E-state index contributed by atoms with van der Waals surface area (Å²) in [6.07, 6.45) is 2.75. The number of carbonyl (C=O) groups is 2. The standard InChI is InChI=1S/C15H20N2O3/c1-10-6-8-11(9-7-10)16-14(19)15(20)17-12-4-2-3-5-13(12)18/h6-9,12-13,18H,2-5H2,1H3,(H,16,19)(H,17,20)/t12-,13-/m0/s1. The third kappa shape index (κ3) is 3.81. The van der Waals surface area contributed by atoms with Gasteiger partial charge in [0.05, 0.1) is 12.1 Å². The minimum Gasteiger partial charge on any atom is -0.391 e. The van der Waals surface area contributed by atoms with Crippen molar-refractivity contribution in [3.8, 4) is 0 Å². The van der Waals surface area contributed by atoms with E-state index in [1.165, 1.54) is 0 Å². The number of aliphatic hydroxyl groups excluding tert-OH is 1. The van der Waals surface area contributed by atoms with Crippen LogP contribution in [-0.2, 0) is 9.59 Å². The Morgan fingerprint density at radius 3 is 2.40 bits per heavy atom. The molecule has 1 saturated carbocycles. The Balaban J connectivity index is 1.88. The zero-order chi connectivity index (χ0) is 14.5. The van der Waals surface area contributed by atoms with Crippen molar-refractivity contribution in [1.82, 2.24) is 5.32 Å². The molecular weight excluding hydrogens is 256 g/mol. The average Bonchev–Trinajstić information content (AvgIpc) is 2.44. The lowest BCUT2D eigenvalue weighted by Crippen LogP contribution is -2.48. The summed E-state index contributed by atoms with van der Waals surface area (Å²) in [5, 5.41) is 14.9. The molecule has 2 amide bonds. The van der Waals surface area contributed by atoms with Gasteiger partial charge in [0.2, 0.25) is 0 Å². The SMILES string of the molecule is Cc1ccc(NC(=O)C(=O)N[C@H]2CCCC[C@@H]2O)cc1. The molecule has 0 spiro atoms. The van der Waals surface area contributed by atoms with Gasteiger partial charge in [-0.1, -0.05) is 30.5 Å². The quantitative estimate of drug-likeness (QED) is 0.714. The van der Waals surface area contributed by atoms with E-state index in [0.717, 1.165) is 18.4 Å². The lowest BCUT2D eigenvalue weighted by atomic mass is 9.92. The van der Waals surface area contributed by atoms with Crippen molar-refractivity contribution in [2.45, 2.75) is 44.8 Å². The Labute approximate surface area is 118 Å². The summed E-state index contributed by atoms with van der Waals surface area (Å²) in [7, 11) is 0. The summed E-state index contributed by atoms with van der Waals surface area (Å²) in [6, 6.07) is 6.89. The van der Waals surface area contributed by atoms with E-state index in [1.807, 2.05) is 19.1 Å². The highest BCUT2D eigenvalue weighted by molar-refractivity contribution is 6.39. The largest absolute Gasteiger partial charge is 0.391 e. The molecule has 108 valence electrons. The summed E-state index contributed by atoms with van der Waals surface area (Å²) in [6.45, 7) is 1.95. The van der Waals surface area contributed by atoms with E-state index >= 15 is 0 Å². The van der Waals surface area contributed by atoms with Crippen molar-refractivity contribution in [2.24, 2.45) is 0 Å². The van der Waals surface area contributed by atoms with Crippen LogP contribution in [0.5, 0.6) is 0 Å². The van der Waals surface area contributed by atoms with Gasteiger partial charge in [-0.2, -0.15) is 0 Å². The Kier molecular flexibility index (Phi) is 4.74. The summed E-state index contributed by atoms with van der Waals surface area (Å²) >= 11 is 0. The van der Waals surface area contributed by atoms with Crippen LogP contribution in [0.25, 0.3) is 0 Å². The van der Waals surface area contributed by atoms with Gasteiger partial charge in [-0.15, -0.1) is 0 Å². The molecule has 0 unspecified atom stereocenters. The first-order valence-electron chi connectivity index (χ1n) is 6.93. The number of rotatable bonds is 2. The van der Waals surface area contributed by atoms with Gasteiger partial charge in [-0.3, -0.25) is 9.59 Å². The number of hydrogen-bond acceptors (Lipinski definition) is 3. The summed E-state index contributed by atoms with van der Waals surface area (Å²) < 4.78 is 0. The van der Waals surface area contributed by atoms with Crippen LogP contribution in [0.3, 0.4) is 0 Å². The molecule has 0 heterocycles. The van der Waals surface area contributed by atoms with Gasteiger partial charge in [0, 0.05) is 5.69 Å². The third-order valence-corrected chi connectivity index (χ3v) is 3.56. The average molecular weight is 276 g/mol. The van der Waals surface area contributed by atoms with Gasteiger partial charge in [0.1, 0.15) is 0 Å². The van der Waals surface area contributed by atoms with E-state index in [2.05, 4.69) is 10.6 Å². The zero-order valence-corrected chi connectivity index (χ0v) is 11.6. The second kappa shape index (κ2) is 6.52. The van der Waals surface area contributed by atoms with Crippen molar-refractivity contribution in [3.05, 3.63) is 29.8 Å². The van der Waals surface area contributed by atoms with Gasteiger partial charge in [0.15, 0.2) is 0 Å². The van der Waals surface area contributed by atoms with Gasteiger partial charge in [-0.25, -0.2) is 0 Å². The fourth-order valence-electron chi connectivity index (χ4n) is 2.34. The van der Waals surface area contributed by atoms with E-state index in [-0.39, 0.29) is 6.04 Å². The highest BCUT2D eigenvalue weighted by Crippen LogP contribution is 2.18. The normalized spacial score (nSPS) is 22.1. The van der Waals surface area contributed by atoms with Crippen molar-refractivity contribution < 1.29 is 14.7 Å². The second-order valence-corrected chi connectivity index (χ2v) is 5.25. The molecule has 0 bridgehead atoms. The number of anilines is 1. The molecule has 2 rings (SSSR count). The van der Waals surface area contributed by atoms with E-state index in [1.54, 1.807) is 12.1 Å². The molecule has 0 radical (unpaired) electrons. The molecule has 1 aliphatic rings. The molecule has 0 aliphatic heterocycles. The number of aryl methyl sites for hydroxylation is 1. The molecule has 1 aromatic rings. The number of amides is 2. The molecule has 5 nitrogen and oxygen atoms in total. The van der Waals surface area contributed by atoms with Gasteiger partial charge in [-0.05, 0) is 31.9 Å². The summed E-state index contributed by atoms with van der Waals surface area (Å²) in [4.78, 5) is 23.6. The van der Waals surface area contributed by atoms with Gasteiger partial charge >= 0.3 is 11.8 Å². The predicted octanol–water partition coefficient (Wildman–Crippen LogP) is 1.35. The molecule has 1 aliphatic carbocycles. The summed E-state index contributed by atoms with van der Waals surface area (Å²) in [5.41, 5.74) is 1.66. The Hall–Kier alpha value is -1.88. The van der Waals surface area contributed by atoms with Crippen molar-refractivity contribution in [1.29, 1.82) is 0 Å². The zero-order valence-electron chi connectivity index (χ0n) is 11.6. The molecule has 1 fully saturated rings. The molecule has 0 saturated heterocycles. The van der Waals surface area contributed by atoms with Crippen LogP contribution in [0, 0.1) is 6.92 Å². The molecule has 3 N–H and O–H groups in total. The maximum absolute atomic E-state index is 11.8. The highest BCUT2D eigenvalue weighted by Gasteiger charge is 2.26. The lowest BCUT2D eigenvalue weighted by Gasteiger charge is -2.27. The lowest BCUT2D eigenvalue weighted by molar-refractivity contribution is -0.137. The van der Waals surface area contributed by atoms with E-state index in [0.29, 0.717) is 18.5 Å². The van der Waals surface area contributed by atoms with Crippen LogP contribution in [0.1, 0.15) is 31.2 Å². The molecule has 2 atom stereocenters. The molecule has 1 aromatic carbocycles. The first-order chi connectivity index (χ1) is 9.56. The van der Waals surface area contributed by atoms with Crippen molar-refractivity contribution in [2.75, 3.05) is 5.32 Å². The van der Waals surface area contributed by atoms with E-state index in [9.17, 15) is 14.7 Å². The Bertz CT molecular complexity index is 484. The summed E-state index contributed by atoms with van der Waals surface area (Å²) in [5.74, 6) is -1.40. The third-order valence-electron chi connectivity index (χ3n) is 3.56. The first-order valence-corrected chi connectivity index (χ1v) is 6.93. The molecular formula is C15H20N2O3. The number of nitrogens with one attached hydrogen (secondary N) is 2. The van der Waals surface area contributed by atoms with Crippen molar-refractivity contribution >= 4 is 17.5 Å². The van der Waals surface area contributed by atoms with Crippen LogP contribution in [-0.4, -0.2) is 29.1 Å². The van der Waals surface area contributed by atoms with Crippen LogP contribution in [0.2, 0.25) is 0 Å². The number of carbonyl (C=O) groups excluding carboxylic acids is 2. The van der Waals surface area contributed by atoms with Crippen LogP contribution >= 0.6 is 0 Å².